The van der Waals surface area contributed by atoms with E-state index in [2.05, 4.69) is 26.1 Å². The maximum absolute atomic E-state index is 13.8. The molecule has 1 N–H and O–H groups in total. The average Bonchev–Trinajstić information content (AvgIpc) is 3.25. The molecule has 1 aliphatic rings. The lowest BCUT2D eigenvalue weighted by molar-refractivity contribution is -0.122. The highest BCUT2D eigenvalue weighted by atomic mass is 32.2. The monoisotopic (exact) mass is 550 g/mol. The Morgan fingerprint density at radius 1 is 1.15 bits per heavy atom. The summed E-state index contributed by atoms with van der Waals surface area (Å²) in [6.45, 7) is 10.8. The number of benzene rings is 2. The van der Waals surface area contributed by atoms with Crippen LogP contribution in [0, 0.1) is 6.92 Å². The highest BCUT2D eigenvalue weighted by molar-refractivity contribution is 8.00. The zero-order chi connectivity index (χ0) is 28.3. The van der Waals surface area contributed by atoms with Crippen molar-refractivity contribution in [3.63, 3.8) is 0 Å². The number of anilines is 1. The Labute approximate surface area is 235 Å². The predicted octanol–water partition coefficient (Wildman–Crippen LogP) is 5.19. The van der Waals surface area contributed by atoms with Gasteiger partial charge in [-0.2, -0.15) is 5.10 Å². The number of thioether (sulfide) groups is 1. The van der Waals surface area contributed by atoms with Crippen LogP contribution in [-0.2, 0) is 15.0 Å². The first-order valence-electron chi connectivity index (χ1n) is 13.2. The summed E-state index contributed by atoms with van der Waals surface area (Å²) in [4.78, 5) is 28.4. The molecule has 4 rings (SSSR count). The van der Waals surface area contributed by atoms with Gasteiger partial charge in [-0.1, -0.05) is 45.9 Å². The van der Waals surface area contributed by atoms with Crippen LogP contribution in [0.3, 0.4) is 0 Å². The summed E-state index contributed by atoms with van der Waals surface area (Å²) < 4.78 is 13.2. The van der Waals surface area contributed by atoms with Gasteiger partial charge in [-0.15, -0.1) is 11.8 Å². The number of nitrogens with zero attached hydrogens (tertiary/aromatic N) is 3. The lowest BCUT2D eigenvalue weighted by Crippen LogP contribution is -2.42. The van der Waals surface area contributed by atoms with Crippen LogP contribution in [0.2, 0.25) is 0 Å². The van der Waals surface area contributed by atoms with E-state index in [1.165, 1.54) is 11.8 Å². The zero-order valence-corrected chi connectivity index (χ0v) is 24.6. The maximum atomic E-state index is 13.8. The van der Waals surface area contributed by atoms with Gasteiger partial charge in [0.2, 0.25) is 11.8 Å². The van der Waals surface area contributed by atoms with Crippen LogP contribution in [0.5, 0.6) is 11.5 Å². The number of rotatable bonds is 8. The third-order valence-corrected chi connectivity index (χ3v) is 7.97. The molecule has 1 aromatic heterocycles. The Hall–Kier alpha value is -3.46. The first-order chi connectivity index (χ1) is 18.6. The number of carbonyl (C=O) groups excluding carboxylic acids is 2. The molecule has 2 amide bonds. The standard InChI is InChI=1S/C30H38N4O4S/c1-8-15-31-24(35)17-33-25(36)18-39-27(21-16-20(37-6)13-14-23(21)38-7)26-28(30(3,4)5)32-34(29(26)33)22-12-10-9-11-19(22)2/h9-14,16,27H,8,15,17-18H2,1-7H3,(H,31,35)/t27-/m0/s1. The molecule has 0 aliphatic carbocycles. The summed E-state index contributed by atoms with van der Waals surface area (Å²) in [6.07, 6.45) is 0.813. The Bertz CT molecular complexity index is 1360. The van der Waals surface area contributed by atoms with Crippen molar-refractivity contribution in [3.05, 3.63) is 64.8 Å². The number of aromatic nitrogens is 2. The van der Waals surface area contributed by atoms with E-state index in [4.69, 9.17) is 14.6 Å². The lowest BCUT2D eigenvalue weighted by Gasteiger charge is -2.25. The van der Waals surface area contributed by atoms with Gasteiger partial charge in [-0.3, -0.25) is 14.5 Å². The van der Waals surface area contributed by atoms with Gasteiger partial charge in [0.25, 0.3) is 0 Å². The van der Waals surface area contributed by atoms with Gasteiger partial charge >= 0.3 is 0 Å². The van der Waals surface area contributed by atoms with Gasteiger partial charge in [-0.25, -0.2) is 4.68 Å². The van der Waals surface area contributed by atoms with Crippen molar-refractivity contribution in [2.75, 3.05) is 38.0 Å². The lowest BCUT2D eigenvalue weighted by atomic mass is 9.87. The fraction of sp³-hybridized carbons (Fsp3) is 0.433. The van der Waals surface area contributed by atoms with E-state index >= 15 is 0 Å². The quantitative estimate of drug-likeness (QED) is 0.416. The molecule has 8 nitrogen and oxygen atoms in total. The molecular weight excluding hydrogens is 512 g/mol. The molecule has 39 heavy (non-hydrogen) atoms. The minimum absolute atomic E-state index is 0.0878. The van der Waals surface area contributed by atoms with Crippen molar-refractivity contribution < 1.29 is 19.1 Å². The van der Waals surface area contributed by atoms with Crippen LogP contribution in [0.25, 0.3) is 5.69 Å². The van der Waals surface area contributed by atoms with E-state index in [1.807, 2.05) is 61.0 Å². The number of para-hydroxylation sites is 1. The molecule has 0 spiro atoms. The number of fused-ring (bicyclic) bond motifs is 1. The first-order valence-corrected chi connectivity index (χ1v) is 14.3. The summed E-state index contributed by atoms with van der Waals surface area (Å²) in [6, 6.07) is 13.7. The summed E-state index contributed by atoms with van der Waals surface area (Å²) >= 11 is 1.52. The summed E-state index contributed by atoms with van der Waals surface area (Å²) in [5.74, 6) is 1.86. The van der Waals surface area contributed by atoms with Crippen LogP contribution in [0.15, 0.2) is 42.5 Å². The minimum Gasteiger partial charge on any atom is -0.497 e. The molecule has 208 valence electrons. The van der Waals surface area contributed by atoms with Gasteiger partial charge in [0.05, 0.1) is 36.6 Å². The second-order valence-corrected chi connectivity index (χ2v) is 11.8. The molecule has 2 heterocycles. The largest absolute Gasteiger partial charge is 0.497 e. The summed E-state index contributed by atoms with van der Waals surface area (Å²) in [5.41, 5.74) is 4.17. The number of carbonyl (C=O) groups is 2. The fourth-order valence-electron chi connectivity index (χ4n) is 4.80. The van der Waals surface area contributed by atoms with Gasteiger partial charge < -0.3 is 14.8 Å². The van der Waals surface area contributed by atoms with Gasteiger partial charge in [0.1, 0.15) is 23.9 Å². The van der Waals surface area contributed by atoms with Crippen LogP contribution < -0.4 is 19.7 Å². The molecule has 0 saturated heterocycles. The van der Waals surface area contributed by atoms with Crippen LogP contribution in [0.1, 0.15) is 61.7 Å². The number of methoxy groups -OCH3 is 2. The number of nitrogens with one attached hydrogen (secondary N) is 1. The van der Waals surface area contributed by atoms with E-state index in [0.29, 0.717) is 23.9 Å². The molecule has 0 saturated carbocycles. The number of hydrogen-bond donors (Lipinski definition) is 1. The second-order valence-electron chi connectivity index (χ2n) is 10.7. The van der Waals surface area contributed by atoms with Crippen molar-refractivity contribution in [1.29, 1.82) is 0 Å². The second kappa shape index (κ2) is 11.7. The maximum Gasteiger partial charge on any atom is 0.240 e. The Morgan fingerprint density at radius 2 is 1.90 bits per heavy atom. The van der Waals surface area contributed by atoms with Crippen molar-refractivity contribution in [2.45, 2.75) is 51.7 Å². The number of hydrogen-bond acceptors (Lipinski definition) is 6. The minimum atomic E-state index is -0.355. The molecule has 1 aliphatic heterocycles. The molecular formula is C30H38N4O4S. The normalized spacial score (nSPS) is 15.5. The average molecular weight is 551 g/mol. The SMILES string of the molecule is CCCNC(=O)CN1C(=O)CS[C@@H](c2cc(OC)ccc2OC)c2c(C(C)(C)C)nn(-c3ccccc3C)c21. The van der Waals surface area contributed by atoms with Crippen molar-refractivity contribution in [3.8, 4) is 17.2 Å². The van der Waals surface area contributed by atoms with E-state index in [9.17, 15) is 9.59 Å². The molecule has 0 bridgehead atoms. The van der Waals surface area contributed by atoms with Crippen LogP contribution in [-0.4, -0.2) is 54.7 Å². The zero-order valence-electron chi connectivity index (χ0n) is 23.8. The third kappa shape index (κ3) is 5.78. The molecule has 2 aromatic carbocycles. The van der Waals surface area contributed by atoms with Gasteiger partial charge in [-0.05, 0) is 43.2 Å². The first kappa shape index (κ1) is 28.5. The predicted molar refractivity (Wildman–Crippen MR) is 157 cm³/mol. The summed E-state index contributed by atoms with van der Waals surface area (Å²) in [5, 5.41) is 7.81. The number of aryl methyl sites for hydroxylation is 1. The Kier molecular flexibility index (Phi) is 8.59. The topological polar surface area (TPSA) is 85.7 Å². The van der Waals surface area contributed by atoms with Crippen molar-refractivity contribution in [2.24, 2.45) is 0 Å². The van der Waals surface area contributed by atoms with Gasteiger partial charge in [0, 0.05) is 23.1 Å². The molecule has 9 heteroatoms. The molecule has 0 fully saturated rings. The molecule has 0 radical (unpaired) electrons. The van der Waals surface area contributed by atoms with Crippen molar-refractivity contribution in [1.82, 2.24) is 15.1 Å². The Morgan fingerprint density at radius 3 is 2.54 bits per heavy atom. The van der Waals surface area contributed by atoms with Crippen molar-refractivity contribution >= 4 is 29.4 Å². The summed E-state index contributed by atoms with van der Waals surface area (Å²) in [7, 11) is 3.28. The molecule has 1 atom stereocenters. The fourth-order valence-corrected chi connectivity index (χ4v) is 6.01. The van der Waals surface area contributed by atoms with E-state index in [1.54, 1.807) is 19.1 Å². The van der Waals surface area contributed by atoms with E-state index in [-0.39, 0.29) is 34.8 Å². The number of amides is 2. The van der Waals surface area contributed by atoms with E-state index < -0.39 is 0 Å². The Balaban J connectivity index is 2.06. The van der Waals surface area contributed by atoms with E-state index in [0.717, 1.165) is 34.5 Å². The molecule has 3 aromatic rings. The third-order valence-electron chi connectivity index (χ3n) is 6.74. The van der Waals surface area contributed by atoms with Crippen LogP contribution >= 0.6 is 11.8 Å². The van der Waals surface area contributed by atoms with Crippen LogP contribution in [0.4, 0.5) is 5.82 Å². The highest BCUT2D eigenvalue weighted by Gasteiger charge is 2.41. The number of ether oxygens (including phenoxy) is 2. The van der Waals surface area contributed by atoms with Gasteiger partial charge in [0.15, 0.2) is 0 Å². The highest BCUT2D eigenvalue weighted by Crippen LogP contribution is 2.51. The smallest absolute Gasteiger partial charge is 0.240 e. The molecule has 0 unspecified atom stereocenters.